The van der Waals surface area contributed by atoms with E-state index in [4.69, 9.17) is 0 Å². The van der Waals surface area contributed by atoms with Crippen LogP contribution in [0.2, 0.25) is 0 Å². The van der Waals surface area contributed by atoms with Gasteiger partial charge in [0.1, 0.15) is 0 Å². The summed E-state index contributed by atoms with van der Waals surface area (Å²) < 4.78 is 0. The molecule has 0 aliphatic heterocycles. The monoisotopic (exact) mass is 358 g/mol. The van der Waals surface area contributed by atoms with Gasteiger partial charge in [0.25, 0.3) is 0 Å². The maximum Gasteiger partial charge on any atom is 0 e. The zero-order valence-electron chi connectivity index (χ0n) is 17.7. The number of hydrogen-bond donors (Lipinski definition) is 0. The fourth-order valence-electron chi connectivity index (χ4n) is 5.75. The highest BCUT2D eigenvalue weighted by Crippen LogP contribution is 2.44. The SMILES string of the molecule is CCCC1CCC(C2CCC(c3ccc(CC(C)CC)cc3)CC2)CC1.[HH].[HH]. The molecule has 1 aromatic carbocycles. The van der Waals surface area contributed by atoms with E-state index in [9.17, 15) is 0 Å². The first-order valence-electron chi connectivity index (χ1n) is 11.8. The highest BCUT2D eigenvalue weighted by Gasteiger charge is 2.31. The van der Waals surface area contributed by atoms with Gasteiger partial charge in [-0.3, -0.25) is 0 Å². The lowest BCUT2D eigenvalue weighted by Crippen LogP contribution is -2.25. The fraction of sp³-hybridized carbons (Fsp3) is 0.769. The van der Waals surface area contributed by atoms with E-state index in [1.165, 1.54) is 82.6 Å². The number of hydrogen-bond acceptors (Lipinski definition) is 0. The third kappa shape index (κ3) is 5.37. The molecule has 1 unspecified atom stereocenters. The standard InChI is InChI=1S/C26H42.2H2/c1-4-6-21-7-11-23(12-8-21)25-15-17-26(18-16-25)24-13-9-22(10-14-24)19-20(3)5-2;;/h9-10,13-14,20-21,23,25-26H,4-8,11-12,15-19H2,1-3H3;2*1H. The van der Waals surface area contributed by atoms with Crippen LogP contribution in [0.3, 0.4) is 0 Å². The molecule has 26 heavy (non-hydrogen) atoms. The second kappa shape index (κ2) is 9.95. The molecule has 1 aromatic rings. The van der Waals surface area contributed by atoms with Crippen LogP contribution in [0.1, 0.15) is 111 Å². The normalized spacial score (nSPS) is 30.9. The Morgan fingerprint density at radius 1 is 0.846 bits per heavy atom. The molecule has 0 aromatic heterocycles. The summed E-state index contributed by atoms with van der Waals surface area (Å²) in [5.74, 6) is 4.80. The van der Waals surface area contributed by atoms with Crippen molar-refractivity contribution in [3.8, 4) is 0 Å². The van der Waals surface area contributed by atoms with Gasteiger partial charge in [-0.15, -0.1) is 0 Å². The van der Waals surface area contributed by atoms with Crippen molar-refractivity contribution in [2.75, 3.05) is 0 Å². The molecule has 2 aliphatic rings. The predicted molar refractivity (Wildman–Crippen MR) is 119 cm³/mol. The van der Waals surface area contributed by atoms with Crippen molar-refractivity contribution in [3.05, 3.63) is 35.4 Å². The minimum Gasteiger partial charge on any atom is -0.0654 e. The van der Waals surface area contributed by atoms with E-state index in [-0.39, 0.29) is 2.85 Å². The van der Waals surface area contributed by atoms with E-state index >= 15 is 0 Å². The van der Waals surface area contributed by atoms with Gasteiger partial charge < -0.3 is 0 Å². The average molecular weight is 359 g/mol. The molecule has 0 nitrogen and oxygen atoms in total. The molecule has 0 saturated heterocycles. The smallest absolute Gasteiger partial charge is 0 e. The van der Waals surface area contributed by atoms with Crippen LogP contribution in [0.25, 0.3) is 0 Å². The molecule has 0 heteroatoms. The summed E-state index contributed by atoms with van der Waals surface area (Å²) in [5, 5.41) is 0. The van der Waals surface area contributed by atoms with Gasteiger partial charge in [-0.1, -0.05) is 77.1 Å². The first-order valence-corrected chi connectivity index (χ1v) is 11.8. The van der Waals surface area contributed by atoms with Gasteiger partial charge in [-0.2, -0.15) is 0 Å². The zero-order valence-corrected chi connectivity index (χ0v) is 17.7. The van der Waals surface area contributed by atoms with Crippen molar-refractivity contribution >= 4 is 0 Å². The molecule has 1 atom stereocenters. The Morgan fingerprint density at radius 2 is 1.42 bits per heavy atom. The molecule has 0 radical (unpaired) electrons. The molecule has 2 saturated carbocycles. The summed E-state index contributed by atoms with van der Waals surface area (Å²) in [6.45, 7) is 7.02. The van der Waals surface area contributed by atoms with Crippen LogP contribution in [0, 0.1) is 23.7 Å². The predicted octanol–water partition coefficient (Wildman–Crippen LogP) is 8.65. The third-order valence-corrected chi connectivity index (χ3v) is 7.76. The van der Waals surface area contributed by atoms with E-state index in [0.717, 1.165) is 29.6 Å². The Bertz CT molecular complexity index is 508. The van der Waals surface area contributed by atoms with E-state index in [1.54, 1.807) is 5.56 Å². The second-order valence-electron chi connectivity index (χ2n) is 9.64. The van der Waals surface area contributed by atoms with E-state index in [2.05, 4.69) is 45.0 Å². The van der Waals surface area contributed by atoms with Crippen LogP contribution in [0.15, 0.2) is 24.3 Å². The Morgan fingerprint density at radius 3 is 1.96 bits per heavy atom. The maximum atomic E-state index is 2.44. The second-order valence-corrected chi connectivity index (χ2v) is 9.64. The molecule has 0 heterocycles. The summed E-state index contributed by atoms with van der Waals surface area (Å²) in [7, 11) is 0. The minimum atomic E-state index is 0. The topological polar surface area (TPSA) is 0 Å². The first-order chi connectivity index (χ1) is 12.7. The molecule has 0 N–H and O–H groups in total. The zero-order chi connectivity index (χ0) is 18.4. The molecule has 2 fully saturated rings. The van der Waals surface area contributed by atoms with Crippen LogP contribution in [-0.4, -0.2) is 0 Å². The van der Waals surface area contributed by atoms with Crippen LogP contribution in [0.5, 0.6) is 0 Å². The molecule has 2 aliphatic carbocycles. The molecule has 3 rings (SSSR count). The highest BCUT2D eigenvalue weighted by atomic mass is 14.4. The van der Waals surface area contributed by atoms with Crippen molar-refractivity contribution in [1.29, 1.82) is 0 Å². The Balaban J connectivity index is 0.00000196. The summed E-state index contributed by atoms with van der Waals surface area (Å²) in [4.78, 5) is 0. The summed E-state index contributed by atoms with van der Waals surface area (Å²) >= 11 is 0. The first kappa shape index (κ1) is 20.0. The maximum absolute atomic E-state index is 2.44. The molecular weight excluding hydrogens is 312 g/mol. The molecule has 150 valence electrons. The molecule has 0 spiro atoms. The molecular formula is C26H46. The lowest BCUT2D eigenvalue weighted by atomic mass is 9.68. The van der Waals surface area contributed by atoms with Crippen molar-refractivity contribution in [2.24, 2.45) is 23.7 Å². The third-order valence-electron chi connectivity index (χ3n) is 7.76. The highest BCUT2D eigenvalue weighted by molar-refractivity contribution is 5.26. The summed E-state index contributed by atoms with van der Waals surface area (Å²) in [5.41, 5.74) is 3.14. The van der Waals surface area contributed by atoms with Crippen LogP contribution < -0.4 is 0 Å². The molecule has 0 bridgehead atoms. The fourth-order valence-corrected chi connectivity index (χ4v) is 5.75. The number of rotatable bonds is 7. The van der Waals surface area contributed by atoms with Gasteiger partial charge >= 0.3 is 0 Å². The molecule has 0 amide bonds. The van der Waals surface area contributed by atoms with Gasteiger partial charge in [0.05, 0.1) is 0 Å². The van der Waals surface area contributed by atoms with Crippen molar-refractivity contribution in [2.45, 2.75) is 104 Å². The Labute approximate surface area is 166 Å². The van der Waals surface area contributed by atoms with Crippen molar-refractivity contribution in [1.82, 2.24) is 0 Å². The van der Waals surface area contributed by atoms with Crippen molar-refractivity contribution in [3.63, 3.8) is 0 Å². The van der Waals surface area contributed by atoms with Gasteiger partial charge in [0.2, 0.25) is 0 Å². The van der Waals surface area contributed by atoms with E-state index in [1.807, 2.05) is 0 Å². The quantitative estimate of drug-likeness (QED) is 0.457. The van der Waals surface area contributed by atoms with Crippen LogP contribution in [-0.2, 0) is 6.42 Å². The van der Waals surface area contributed by atoms with Crippen LogP contribution >= 0.6 is 0 Å². The number of benzene rings is 1. The summed E-state index contributed by atoms with van der Waals surface area (Å²) in [6, 6.07) is 9.70. The van der Waals surface area contributed by atoms with E-state index < -0.39 is 0 Å². The van der Waals surface area contributed by atoms with Crippen molar-refractivity contribution < 1.29 is 2.85 Å². The van der Waals surface area contributed by atoms with E-state index in [0.29, 0.717) is 0 Å². The van der Waals surface area contributed by atoms with Crippen LogP contribution in [0.4, 0.5) is 0 Å². The summed E-state index contributed by atoms with van der Waals surface area (Å²) in [6.07, 6.45) is 17.3. The van der Waals surface area contributed by atoms with Gasteiger partial charge in [-0.05, 0) is 85.7 Å². The van der Waals surface area contributed by atoms with Gasteiger partial charge in [0.15, 0.2) is 0 Å². The lowest BCUT2D eigenvalue weighted by Gasteiger charge is -2.38. The van der Waals surface area contributed by atoms with Gasteiger partial charge in [-0.25, -0.2) is 0 Å². The average Bonchev–Trinajstić information content (AvgIpc) is 2.69. The Kier molecular flexibility index (Phi) is 7.64. The largest absolute Gasteiger partial charge is 0.0654 e. The Hall–Kier alpha value is -0.780. The minimum absolute atomic E-state index is 0. The lowest BCUT2D eigenvalue weighted by molar-refractivity contribution is 0.156. The van der Waals surface area contributed by atoms with Gasteiger partial charge in [0, 0.05) is 2.85 Å².